The lowest BCUT2D eigenvalue weighted by molar-refractivity contribution is 1.37. The van der Waals surface area contributed by atoms with Gasteiger partial charge in [-0.25, -0.2) is 0 Å². The number of halogens is 1. The van der Waals surface area contributed by atoms with Crippen LogP contribution in [0.4, 0.5) is 5.00 Å². The van der Waals surface area contributed by atoms with E-state index in [0.717, 1.165) is 11.3 Å². The van der Waals surface area contributed by atoms with Gasteiger partial charge in [-0.2, -0.15) is 4.37 Å². The first kappa shape index (κ1) is 10.5. The Morgan fingerprint density at radius 2 is 1.80 bits per heavy atom. The third-order valence-electron chi connectivity index (χ3n) is 2.15. The van der Waals surface area contributed by atoms with Crippen molar-refractivity contribution < 1.29 is 0 Å². The molecule has 0 amide bonds. The zero-order chi connectivity index (χ0) is 11.0. The Morgan fingerprint density at radius 3 is 2.27 bits per heavy atom. The monoisotopic (exact) mass is 238 g/mol. The van der Waals surface area contributed by atoms with Crippen LogP contribution in [0.5, 0.6) is 0 Å². The molecule has 2 N–H and O–H groups in total. The highest BCUT2D eigenvalue weighted by atomic mass is 35.5. The molecule has 0 spiro atoms. The van der Waals surface area contributed by atoms with Crippen molar-refractivity contribution in [2.45, 2.75) is 13.8 Å². The van der Waals surface area contributed by atoms with Gasteiger partial charge in [-0.1, -0.05) is 28.8 Å². The number of nitrogens with two attached hydrogens (primary N) is 1. The Kier molecular flexibility index (Phi) is 2.67. The molecule has 2 rings (SSSR count). The highest BCUT2D eigenvalue weighted by molar-refractivity contribution is 7.11. The number of rotatable bonds is 1. The van der Waals surface area contributed by atoms with Crippen LogP contribution in [0.15, 0.2) is 18.2 Å². The summed E-state index contributed by atoms with van der Waals surface area (Å²) in [5.41, 5.74) is 9.90. The van der Waals surface area contributed by atoms with Crippen molar-refractivity contribution in [2.24, 2.45) is 0 Å². The fraction of sp³-hybridized carbons (Fsp3) is 0.182. The van der Waals surface area contributed by atoms with Gasteiger partial charge < -0.3 is 5.73 Å². The number of hydrogen-bond donors (Lipinski definition) is 1. The largest absolute Gasteiger partial charge is 0.388 e. The van der Waals surface area contributed by atoms with Crippen molar-refractivity contribution in [3.63, 3.8) is 0 Å². The van der Waals surface area contributed by atoms with Gasteiger partial charge in [-0.05, 0) is 37.5 Å². The van der Waals surface area contributed by atoms with Crippen LogP contribution < -0.4 is 5.73 Å². The molecule has 15 heavy (non-hydrogen) atoms. The first-order valence-corrected chi connectivity index (χ1v) is 5.72. The first-order valence-electron chi connectivity index (χ1n) is 4.57. The fourth-order valence-electron chi connectivity index (χ4n) is 1.58. The topological polar surface area (TPSA) is 38.9 Å². The van der Waals surface area contributed by atoms with E-state index in [0.29, 0.717) is 10.0 Å². The summed E-state index contributed by atoms with van der Waals surface area (Å²) in [5, 5.41) is 1.14. The number of aromatic nitrogens is 1. The average Bonchev–Trinajstić information content (AvgIpc) is 2.46. The minimum absolute atomic E-state index is 0.560. The van der Waals surface area contributed by atoms with Gasteiger partial charge >= 0.3 is 0 Å². The number of nitrogen functional groups attached to an aromatic ring is 1. The summed E-state index contributed by atoms with van der Waals surface area (Å²) in [4.78, 5) is 0. The van der Waals surface area contributed by atoms with E-state index in [9.17, 15) is 0 Å². The van der Waals surface area contributed by atoms with Crippen LogP contribution in [0.25, 0.3) is 11.3 Å². The zero-order valence-corrected chi connectivity index (χ0v) is 10.1. The van der Waals surface area contributed by atoms with Crippen molar-refractivity contribution in [1.82, 2.24) is 4.37 Å². The van der Waals surface area contributed by atoms with Crippen LogP contribution in [0.2, 0.25) is 5.02 Å². The molecular weight excluding hydrogens is 228 g/mol. The molecule has 0 aliphatic carbocycles. The van der Waals surface area contributed by atoms with Crippen LogP contribution in [-0.4, -0.2) is 4.37 Å². The molecule has 0 atom stereocenters. The van der Waals surface area contributed by atoms with Crippen molar-refractivity contribution in [3.8, 4) is 11.3 Å². The summed E-state index contributed by atoms with van der Waals surface area (Å²) in [6.07, 6.45) is 0. The Bertz CT molecular complexity index is 485. The molecule has 0 radical (unpaired) electrons. The van der Waals surface area contributed by atoms with Gasteiger partial charge in [0.05, 0.1) is 0 Å². The van der Waals surface area contributed by atoms with Crippen molar-refractivity contribution in [1.29, 1.82) is 0 Å². The zero-order valence-electron chi connectivity index (χ0n) is 8.54. The molecule has 0 fully saturated rings. The van der Waals surface area contributed by atoms with E-state index in [-0.39, 0.29) is 0 Å². The number of nitrogens with zero attached hydrogens (tertiary/aromatic N) is 1. The number of benzene rings is 1. The Hall–Kier alpha value is -1.06. The quantitative estimate of drug-likeness (QED) is 0.824. The lowest BCUT2D eigenvalue weighted by atomic mass is 10.1. The number of hydrogen-bond acceptors (Lipinski definition) is 3. The first-order chi connectivity index (χ1) is 7.08. The van der Waals surface area contributed by atoms with E-state index < -0.39 is 0 Å². The van der Waals surface area contributed by atoms with Gasteiger partial charge in [0.2, 0.25) is 0 Å². The molecular formula is C11H11ClN2S. The van der Waals surface area contributed by atoms with Gasteiger partial charge in [-0.15, -0.1) is 0 Å². The molecule has 0 aliphatic heterocycles. The molecule has 2 nitrogen and oxygen atoms in total. The average molecular weight is 239 g/mol. The molecule has 0 saturated carbocycles. The van der Waals surface area contributed by atoms with Crippen LogP contribution in [0.1, 0.15) is 11.1 Å². The maximum absolute atomic E-state index is 6.07. The van der Waals surface area contributed by atoms with E-state index in [1.54, 1.807) is 0 Å². The Balaban J connectivity index is 2.58. The van der Waals surface area contributed by atoms with Gasteiger partial charge in [0, 0.05) is 5.56 Å². The molecule has 2 aromatic rings. The lowest BCUT2D eigenvalue weighted by Gasteiger charge is -2.02. The second-order valence-electron chi connectivity index (χ2n) is 3.59. The SMILES string of the molecule is Cc1cc(C)cc(-c2nsc(N)c2Cl)c1. The second kappa shape index (κ2) is 3.83. The molecule has 0 saturated heterocycles. The Morgan fingerprint density at radius 1 is 1.20 bits per heavy atom. The molecule has 0 bridgehead atoms. The number of aryl methyl sites for hydroxylation is 2. The van der Waals surface area contributed by atoms with E-state index >= 15 is 0 Å². The molecule has 4 heteroatoms. The molecule has 1 aromatic heterocycles. The summed E-state index contributed by atoms with van der Waals surface area (Å²) in [7, 11) is 0. The third-order valence-corrected chi connectivity index (χ3v) is 3.32. The smallest absolute Gasteiger partial charge is 0.126 e. The third kappa shape index (κ3) is 1.98. The van der Waals surface area contributed by atoms with Crippen molar-refractivity contribution in [3.05, 3.63) is 34.3 Å². The lowest BCUT2D eigenvalue weighted by Crippen LogP contribution is -1.84. The minimum Gasteiger partial charge on any atom is -0.388 e. The van der Waals surface area contributed by atoms with Crippen molar-refractivity contribution in [2.75, 3.05) is 5.73 Å². The highest BCUT2D eigenvalue weighted by Crippen LogP contribution is 2.35. The summed E-state index contributed by atoms with van der Waals surface area (Å²) in [6.45, 7) is 4.11. The minimum atomic E-state index is 0.560. The standard InChI is InChI=1S/C11H11ClN2S/c1-6-3-7(2)5-8(4-6)10-9(12)11(13)15-14-10/h3-5H,13H2,1-2H3. The molecule has 1 aromatic carbocycles. The normalized spacial score (nSPS) is 10.6. The predicted molar refractivity (Wildman–Crippen MR) is 66.4 cm³/mol. The summed E-state index contributed by atoms with van der Waals surface area (Å²) in [6, 6.07) is 6.24. The van der Waals surface area contributed by atoms with Gasteiger partial charge in [0.25, 0.3) is 0 Å². The van der Waals surface area contributed by atoms with E-state index in [1.807, 2.05) is 0 Å². The van der Waals surface area contributed by atoms with E-state index in [1.165, 1.54) is 22.7 Å². The second-order valence-corrected chi connectivity index (χ2v) is 4.77. The van der Waals surface area contributed by atoms with E-state index in [4.69, 9.17) is 17.3 Å². The summed E-state index contributed by atoms with van der Waals surface area (Å²) in [5.74, 6) is 0. The molecule has 78 valence electrons. The summed E-state index contributed by atoms with van der Waals surface area (Å²) >= 11 is 7.30. The highest BCUT2D eigenvalue weighted by Gasteiger charge is 2.11. The maximum atomic E-state index is 6.07. The van der Waals surface area contributed by atoms with Gasteiger partial charge in [0.1, 0.15) is 15.7 Å². The van der Waals surface area contributed by atoms with Crippen molar-refractivity contribution >= 4 is 28.1 Å². The van der Waals surface area contributed by atoms with Crippen LogP contribution >= 0.6 is 23.1 Å². The van der Waals surface area contributed by atoms with Crippen LogP contribution in [-0.2, 0) is 0 Å². The number of anilines is 1. The molecule has 1 heterocycles. The van der Waals surface area contributed by atoms with Crippen LogP contribution in [0, 0.1) is 13.8 Å². The van der Waals surface area contributed by atoms with Crippen LogP contribution in [0.3, 0.4) is 0 Å². The molecule has 0 unspecified atom stereocenters. The Labute approximate surface area is 97.9 Å². The predicted octanol–water partition coefficient (Wildman–Crippen LogP) is 3.66. The maximum Gasteiger partial charge on any atom is 0.126 e. The van der Waals surface area contributed by atoms with Gasteiger partial charge in [0.15, 0.2) is 0 Å². The van der Waals surface area contributed by atoms with E-state index in [2.05, 4.69) is 36.4 Å². The molecule has 0 aliphatic rings. The van der Waals surface area contributed by atoms with Gasteiger partial charge in [-0.3, -0.25) is 0 Å². The fourth-order valence-corrected chi connectivity index (χ4v) is 2.45. The summed E-state index contributed by atoms with van der Waals surface area (Å²) < 4.78 is 4.25.